The van der Waals surface area contributed by atoms with E-state index in [1.165, 1.54) is 23.3 Å². The van der Waals surface area contributed by atoms with Crippen LogP contribution >= 0.6 is 23.1 Å². The number of ether oxygens (including phenoxy) is 3. The van der Waals surface area contributed by atoms with Crippen molar-refractivity contribution >= 4 is 58.2 Å². The molecule has 2 aliphatic heterocycles. The van der Waals surface area contributed by atoms with Gasteiger partial charge in [0.15, 0.2) is 18.1 Å². The number of aryl methyl sites for hydroxylation is 1. The van der Waals surface area contributed by atoms with Gasteiger partial charge in [-0.05, 0) is 97.7 Å². The zero-order valence-corrected chi connectivity index (χ0v) is 29.7. The lowest BCUT2D eigenvalue weighted by Crippen LogP contribution is -2.42. The first-order chi connectivity index (χ1) is 24.7. The normalized spacial score (nSPS) is 25.6. The van der Waals surface area contributed by atoms with Gasteiger partial charge in [0.1, 0.15) is 0 Å². The quantitative estimate of drug-likeness (QED) is 0.166. The molecule has 2 bridgehead atoms. The number of thiazole rings is 1. The number of benzene rings is 3. The molecule has 3 aromatic carbocycles. The summed E-state index contributed by atoms with van der Waals surface area (Å²) in [7, 11) is 1.54. The number of carbonyl (C=O) groups excluding carboxylic acids is 4. The minimum Gasteiger partial charge on any atom is -0.493 e. The summed E-state index contributed by atoms with van der Waals surface area (Å²) in [4.78, 5) is 70.9. The fraction of sp³-hybridized carbons (Fsp3) is 0.342. The van der Waals surface area contributed by atoms with Gasteiger partial charge >= 0.3 is 10.8 Å². The number of hydrogen-bond donors (Lipinski definition) is 2. The number of nitrogens with zero attached hydrogens (tertiary/aromatic N) is 1. The number of aromatic nitrogens is 1. The molecule has 4 aromatic rings. The Morgan fingerprint density at radius 3 is 2.45 bits per heavy atom. The Bertz CT molecular complexity index is 2130. The molecule has 51 heavy (non-hydrogen) atoms. The number of aromatic amines is 1. The molecule has 13 heteroatoms. The van der Waals surface area contributed by atoms with E-state index in [4.69, 9.17) is 14.2 Å². The van der Waals surface area contributed by atoms with E-state index >= 15 is 0 Å². The third-order valence-electron chi connectivity index (χ3n) is 10.6. The minimum absolute atomic E-state index is 0.00845. The number of fused-ring (bicyclic) bond motifs is 9. The molecule has 11 nitrogen and oxygen atoms in total. The molecule has 8 rings (SSSR count). The van der Waals surface area contributed by atoms with Crippen molar-refractivity contribution in [2.75, 3.05) is 30.5 Å². The van der Waals surface area contributed by atoms with Crippen molar-refractivity contribution in [2.24, 2.45) is 29.6 Å². The van der Waals surface area contributed by atoms with E-state index in [-0.39, 0.29) is 64.7 Å². The van der Waals surface area contributed by atoms with Crippen LogP contribution in [0, 0.1) is 36.5 Å². The lowest BCUT2D eigenvalue weighted by Gasteiger charge is -2.43. The van der Waals surface area contributed by atoms with Crippen LogP contribution in [-0.2, 0) is 19.1 Å². The number of imide groups is 1. The highest BCUT2D eigenvalue weighted by molar-refractivity contribution is 8.00. The van der Waals surface area contributed by atoms with Gasteiger partial charge in [-0.3, -0.25) is 24.1 Å². The average Bonchev–Trinajstić information content (AvgIpc) is 3.86. The largest absolute Gasteiger partial charge is 0.493 e. The lowest BCUT2D eigenvalue weighted by atomic mass is 9.68. The number of thioether (sulfide) groups is 1. The van der Waals surface area contributed by atoms with Crippen LogP contribution in [0.3, 0.4) is 0 Å². The van der Waals surface area contributed by atoms with Crippen LogP contribution in [-0.4, -0.2) is 54.2 Å². The second-order valence-corrected chi connectivity index (χ2v) is 15.6. The van der Waals surface area contributed by atoms with Gasteiger partial charge in [0.25, 0.3) is 5.91 Å². The number of nitrogens with one attached hydrogen (secondary N) is 2. The van der Waals surface area contributed by atoms with Gasteiger partial charge in [0.2, 0.25) is 11.8 Å². The summed E-state index contributed by atoms with van der Waals surface area (Å²) in [5.41, 5.74) is 3.40. The second-order valence-electron chi connectivity index (χ2n) is 13.4. The van der Waals surface area contributed by atoms with Crippen LogP contribution in [0.25, 0.3) is 0 Å². The lowest BCUT2D eigenvalue weighted by molar-refractivity contribution is -0.123. The van der Waals surface area contributed by atoms with E-state index in [1.807, 2.05) is 43.3 Å². The van der Waals surface area contributed by atoms with Crippen LogP contribution in [0.1, 0.15) is 45.6 Å². The van der Waals surface area contributed by atoms with Crippen LogP contribution in [0.15, 0.2) is 76.6 Å². The molecular weight excluding hydrogens is 691 g/mol. The van der Waals surface area contributed by atoms with E-state index < -0.39 is 17.8 Å². The molecule has 0 spiro atoms. The van der Waals surface area contributed by atoms with Gasteiger partial charge in [-0.15, -0.1) is 11.8 Å². The third-order valence-corrected chi connectivity index (χ3v) is 13.2. The molecule has 2 N–H and O–H groups in total. The zero-order chi connectivity index (χ0) is 35.6. The summed E-state index contributed by atoms with van der Waals surface area (Å²) in [6.07, 6.45) is 0.745. The van der Waals surface area contributed by atoms with Crippen molar-refractivity contribution in [2.45, 2.75) is 36.5 Å². The van der Waals surface area contributed by atoms with Gasteiger partial charge in [0, 0.05) is 21.7 Å². The SMILES string of the molecule is CCOC(=O)c1ccc(N2C(=O)C3C4CC(C3C2=O)C2C4Sc3[nH]c(=O)sc3[C@@H]2c2ccc(OCC(=O)Nc3cccc(C)c3)c(OC)c2)cc1. The van der Waals surface area contributed by atoms with Crippen LogP contribution in [0.5, 0.6) is 11.5 Å². The average molecular weight is 726 g/mol. The molecule has 4 aliphatic rings. The van der Waals surface area contributed by atoms with Crippen LogP contribution in [0.2, 0.25) is 0 Å². The van der Waals surface area contributed by atoms with Gasteiger partial charge < -0.3 is 24.5 Å². The Balaban J connectivity index is 1.07. The Morgan fingerprint density at radius 1 is 0.961 bits per heavy atom. The Morgan fingerprint density at radius 2 is 1.73 bits per heavy atom. The molecule has 2 saturated carbocycles. The van der Waals surface area contributed by atoms with E-state index in [2.05, 4.69) is 10.3 Å². The molecule has 3 heterocycles. The highest BCUT2D eigenvalue weighted by atomic mass is 32.2. The van der Waals surface area contributed by atoms with Crippen molar-refractivity contribution in [3.63, 3.8) is 0 Å². The van der Waals surface area contributed by atoms with Crippen molar-refractivity contribution < 1.29 is 33.4 Å². The maximum atomic E-state index is 14.2. The second kappa shape index (κ2) is 13.0. The smallest absolute Gasteiger partial charge is 0.338 e. The first-order valence-corrected chi connectivity index (χ1v) is 18.6. The van der Waals surface area contributed by atoms with Gasteiger partial charge in [-0.2, -0.15) is 0 Å². The van der Waals surface area contributed by atoms with Gasteiger partial charge in [-0.1, -0.05) is 29.5 Å². The summed E-state index contributed by atoms with van der Waals surface area (Å²) in [6.45, 7) is 3.71. The number of rotatable bonds is 9. The molecule has 2 aliphatic carbocycles. The number of carbonyl (C=O) groups is 4. The Labute approximate surface area is 301 Å². The maximum absolute atomic E-state index is 14.2. The summed E-state index contributed by atoms with van der Waals surface area (Å²) in [6, 6.07) is 19.5. The van der Waals surface area contributed by atoms with Crippen LogP contribution < -0.4 is 24.6 Å². The molecule has 3 amide bonds. The molecule has 6 unspecified atom stereocenters. The first kappa shape index (κ1) is 33.3. The predicted molar refractivity (Wildman–Crippen MR) is 192 cm³/mol. The first-order valence-electron chi connectivity index (χ1n) is 16.9. The number of methoxy groups -OCH3 is 1. The topological polar surface area (TPSA) is 144 Å². The monoisotopic (exact) mass is 725 g/mol. The number of hydrogen-bond acceptors (Lipinski definition) is 10. The number of amides is 3. The molecule has 1 saturated heterocycles. The molecule has 262 valence electrons. The minimum atomic E-state index is -0.481. The van der Waals surface area contributed by atoms with Crippen molar-refractivity contribution in [3.8, 4) is 11.5 Å². The van der Waals surface area contributed by atoms with E-state index in [0.717, 1.165) is 27.5 Å². The van der Waals surface area contributed by atoms with Crippen molar-refractivity contribution in [3.05, 3.63) is 98.0 Å². The molecule has 0 radical (unpaired) electrons. The number of H-pyrrole nitrogens is 1. The standard InChI is InChI=1S/C38H35N3O8S2/c1-4-48-37(45)19-8-11-22(12-9-19)41-35(43)30-23-16-24(31(30)36(41)44)32-29(23)28(33-34(50-32)40-38(46)51-33)20-10-13-25(26(15-20)47-3)49-17-27(42)39-21-7-5-6-18(2)14-21/h5-15,23-24,28-32H,4,16-17H2,1-3H3,(H,39,42)(H,40,46)/t23?,24?,28-,29?,30?,31?,32?/m1/s1. The highest BCUT2D eigenvalue weighted by Crippen LogP contribution is 2.68. The Kier molecular flexibility index (Phi) is 8.50. The number of esters is 1. The molecule has 7 atom stereocenters. The summed E-state index contributed by atoms with van der Waals surface area (Å²) >= 11 is 2.79. The fourth-order valence-corrected chi connectivity index (χ4v) is 11.6. The zero-order valence-electron chi connectivity index (χ0n) is 28.0. The van der Waals surface area contributed by atoms with Gasteiger partial charge in [0.05, 0.1) is 41.8 Å². The molecular formula is C38H35N3O8S2. The van der Waals surface area contributed by atoms with E-state index in [9.17, 15) is 24.0 Å². The summed E-state index contributed by atoms with van der Waals surface area (Å²) in [5, 5.41) is 3.66. The highest BCUT2D eigenvalue weighted by Gasteiger charge is 2.69. The van der Waals surface area contributed by atoms with Crippen LogP contribution in [0.4, 0.5) is 11.4 Å². The molecule has 1 aromatic heterocycles. The summed E-state index contributed by atoms with van der Waals surface area (Å²) < 4.78 is 16.7. The predicted octanol–water partition coefficient (Wildman–Crippen LogP) is 5.63. The molecule has 3 fully saturated rings. The summed E-state index contributed by atoms with van der Waals surface area (Å²) in [5.74, 6) is -1.66. The van der Waals surface area contributed by atoms with Gasteiger partial charge in [-0.25, -0.2) is 4.79 Å². The van der Waals surface area contributed by atoms with E-state index in [0.29, 0.717) is 28.4 Å². The third kappa shape index (κ3) is 5.63. The van der Waals surface area contributed by atoms with Crippen molar-refractivity contribution in [1.82, 2.24) is 4.98 Å². The fourth-order valence-electron chi connectivity index (χ4n) is 8.67. The van der Waals surface area contributed by atoms with E-state index in [1.54, 1.807) is 49.0 Å². The maximum Gasteiger partial charge on any atom is 0.338 e. The van der Waals surface area contributed by atoms with Crippen molar-refractivity contribution in [1.29, 1.82) is 0 Å². The number of anilines is 2. The Hall–Kier alpha value is -4.88.